The van der Waals surface area contributed by atoms with Crippen LogP contribution in [0.4, 0.5) is 0 Å². The van der Waals surface area contributed by atoms with Crippen molar-refractivity contribution >= 4 is 5.97 Å². The molecule has 86 valence electrons. The highest BCUT2D eigenvalue weighted by Gasteiger charge is 2.43. The number of rotatable bonds is 4. The lowest BCUT2D eigenvalue weighted by Gasteiger charge is -2.12. The molecule has 0 heterocycles. The average molecular weight is 220 g/mol. The van der Waals surface area contributed by atoms with Crippen molar-refractivity contribution < 1.29 is 15.0 Å². The van der Waals surface area contributed by atoms with Crippen LogP contribution in [0, 0.1) is 11.8 Å². The summed E-state index contributed by atoms with van der Waals surface area (Å²) in [5.41, 5.74) is 0.915. The summed E-state index contributed by atoms with van der Waals surface area (Å²) >= 11 is 0. The van der Waals surface area contributed by atoms with E-state index >= 15 is 0 Å². The van der Waals surface area contributed by atoms with Crippen LogP contribution < -0.4 is 0 Å². The molecule has 2 rings (SSSR count). The Morgan fingerprint density at radius 3 is 2.75 bits per heavy atom. The fourth-order valence-electron chi connectivity index (χ4n) is 2.30. The van der Waals surface area contributed by atoms with Crippen molar-refractivity contribution in [3.05, 3.63) is 29.8 Å². The Morgan fingerprint density at radius 1 is 1.50 bits per heavy atom. The Bertz CT molecular complexity index is 400. The normalized spacial score (nSPS) is 25.1. The Hall–Kier alpha value is -1.51. The van der Waals surface area contributed by atoms with Crippen molar-refractivity contribution in [2.75, 3.05) is 0 Å². The molecule has 3 atom stereocenters. The van der Waals surface area contributed by atoms with Gasteiger partial charge in [0.25, 0.3) is 0 Å². The maximum Gasteiger partial charge on any atom is 0.306 e. The number of carboxylic acids is 1. The zero-order chi connectivity index (χ0) is 11.7. The number of aromatic hydroxyl groups is 1. The lowest BCUT2D eigenvalue weighted by atomic mass is 9.94. The molecule has 1 aliphatic rings. The predicted octanol–water partition coefficient (Wildman–Crippen LogP) is 2.61. The summed E-state index contributed by atoms with van der Waals surface area (Å²) in [6, 6.07) is 7.27. The highest BCUT2D eigenvalue weighted by molar-refractivity contribution is 5.73. The Kier molecular flexibility index (Phi) is 2.86. The van der Waals surface area contributed by atoms with E-state index in [9.17, 15) is 9.90 Å². The van der Waals surface area contributed by atoms with E-state index in [1.165, 1.54) is 0 Å². The summed E-state index contributed by atoms with van der Waals surface area (Å²) in [5.74, 6) is -0.0343. The molecule has 0 amide bonds. The molecular weight excluding hydrogens is 204 g/mol. The Labute approximate surface area is 94.7 Å². The number of para-hydroxylation sites is 1. The van der Waals surface area contributed by atoms with Crippen molar-refractivity contribution in [1.82, 2.24) is 0 Å². The quantitative estimate of drug-likeness (QED) is 0.820. The maximum absolute atomic E-state index is 10.7. The molecule has 1 aromatic carbocycles. The highest BCUT2D eigenvalue weighted by atomic mass is 16.4. The summed E-state index contributed by atoms with van der Waals surface area (Å²) < 4.78 is 0. The Morgan fingerprint density at radius 2 is 2.19 bits per heavy atom. The molecule has 1 saturated carbocycles. The lowest BCUT2D eigenvalue weighted by molar-refractivity contribution is -0.138. The van der Waals surface area contributed by atoms with Gasteiger partial charge >= 0.3 is 5.97 Å². The third-order valence-corrected chi connectivity index (χ3v) is 3.36. The summed E-state index contributed by atoms with van der Waals surface area (Å²) in [5, 5.41) is 18.5. The van der Waals surface area contributed by atoms with Crippen LogP contribution in [-0.2, 0) is 4.79 Å². The number of benzene rings is 1. The van der Waals surface area contributed by atoms with Crippen LogP contribution >= 0.6 is 0 Å². The molecule has 1 aromatic rings. The molecule has 0 aliphatic heterocycles. The van der Waals surface area contributed by atoms with Crippen molar-refractivity contribution in [1.29, 1.82) is 0 Å². The molecule has 3 unspecified atom stereocenters. The summed E-state index contributed by atoms with van der Waals surface area (Å²) in [6.45, 7) is 2.03. The second-order valence-corrected chi connectivity index (χ2v) is 4.64. The molecule has 16 heavy (non-hydrogen) atoms. The molecular formula is C13H16O3. The molecule has 3 nitrogen and oxygen atoms in total. The van der Waals surface area contributed by atoms with Crippen LogP contribution in [0.1, 0.15) is 31.2 Å². The third-order valence-electron chi connectivity index (χ3n) is 3.36. The van der Waals surface area contributed by atoms with E-state index in [1.807, 2.05) is 19.1 Å². The first-order chi connectivity index (χ1) is 7.59. The number of carbonyl (C=O) groups is 1. The van der Waals surface area contributed by atoms with Gasteiger partial charge in [0.05, 0.1) is 5.92 Å². The van der Waals surface area contributed by atoms with E-state index in [-0.39, 0.29) is 17.8 Å². The molecule has 0 radical (unpaired) electrons. The topological polar surface area (TPSA) is 57.5 Å². The minimum Gasteiger partial charge on any atom is -0.508 e. The van der Waals surface area contributed by atoms with Crippen LogP contribution in [0.25, 0.3) is 0 Å². The van der Waals surface area contributed by atoms with Crippen molar-refractivity contribution in [3.8, 4) is 5.75 Å². The zero-order valence-corrected chi connectivity index (χ0v) is 9.26. The van der Waals surface area contributed by atoms with Crippen molar-refractivity contribution in [3.63, 3.8) is 0 Å². The fraction of sp³-hybridized carbons (Fsp3) is 0.462. The first kappa shape index (κ1) is 11.0. The minimum atomic E-state index is -0.686. The summed E-state index contributed by atoms with van der Waals surface area (Å²) in [7, 11) is 0. The number of phenolic OH excluding ortho intramolecular Hbond substituents is 1. The van der Waals surface area contributed by atoms with Gasteiger partial charge in [-0.05, 0) is 36.3 Å². The van der Waals surface area contributed by atoms with Crippen molar-refractivity contribution in [2.24, 2.45) is 11.8 Å². The molecule has 0 bridgehead atoms. The monoisotopic (exact) mass is 220 g/mol. The van der Waals surface area contributed by atoms with Gasteiger partial charge in [-0.15, -0.1) is 0 Å². The summed E-state index contributed by atoms with van der Waals surface area (Å²) in [6.07, 6.45) is 1.63. The molecule has 0 saturated heterocycles. The van der Waals surface area contributed by atoms with Gasteiger partial charge in [0.15, 0.2) is 0 Å². The van der Waals surface area contributed by atoms with Gasteiger partial charge in [-0.1, -0.05) is 25.1 Å². The smallest absolute Gasteiger partial charge is 0.306 e. The lowest BCUT2D eigenvalue weighted by Crippen LogP contribution is -2.02. The maximum atomic E-state index is 10.7. The fourth-order valence-corrected chi connectivity index (χ4v) is 2.30. The SMILES string of the molecule is CC(CC1CC1C(=O)O)c1ccccc1O. The van der Waals surface area contributed by atoms with E-state index in [0.717, 1.165) is 18.4 Å². The largest absolute Gasteiger partial charge is 0.508 e. The predicted molar refractivity (Wildman–Crippen MR) is 60.4 cm³/mol. The molecule has 1 fully saturated rings. The van der Waals surface area contributed by atoms with Gasteiger partial charge in [0.2, 0.25) is 0 Å². The number of hydrogen-bond acceptors (Lipinski definition) is 2. The van der Waals surface area contributed by atoms with Crippen LogP contribution in [0.15, 0.2) is 24.3 Å². The van der Waals surface area contributed by atoms with E-state index < -0.39 is 5.97 Å². The standard InChI is InChI=1S/C13H16O3/c1-8(6-9-7-11(9)13(15)16)10-4-2-3-5-12(10)14/h2-5,8-9,11,14H,6-7H2,1H3,(H,15,16). The van der Waals surface area contributed by atoms with Crippen LogP contribution in [0.2, 0.25) is 0 Å². The van der Waals surface area contributed by atoms with Gasteiger partial charge < -0.3 is 10.2 Å². The highest BCUT2D eigenvalue weighted by Crippen LogP contribution is 2.45. The van der Waals surface area contributed by atoms with Crippen molar-refractivity contribution in [2.45, 2.75) is 25.7 Å². The number of phenols is 1. The van der Waals surface area contributed by atoms with E-state index in [4.69, 9.17) is 5.11 Å². The zero-order valence-electron chi connectivity index (χ0n) is 9.26. The van der Waals surface area contributed by atoms with Gasteiger partial charge in [-0.2, -0.15) is 0 Å². The first-order valence-electron chi connectivity index (χ1n) is 5.60. The molecule has 2 N–H and O–H groups in total. The van der Waals surface area contributed by atoms with Crippen LogP contribution in [0.3, 0.4) is 0 Å². The number of hydrogen-bond donors (Lipinski definition) is 2. The van der Waals surface area contributed by atoms with Gasteiger partial charge in [-0.3, -0.25) is 4.79 Å². The first-order valence-corrected chi connectivity index (χ1v) is 5.60. The van der Waals surface area contributed by atoms with Gasteiger partial charge in [0, 0.05) is 0 Å². The molecule has 0 spiro atoms. The minimum absolute atomic E-state index is 0.159. The van der Waals surface area contributed by atoms with E-state index in [1.54, 1.807) is 12.1 Å². The molecule has 1 aliphatic carbocycles. The van der Waals surface area contributed by atoms with Crippen LogP contribution in [-0.4, -0.2) is 16.2 Å². The van der Waals surface area contributed by atoms with Crippen LogP contribution in [0.5, 0.6) is 5.75 Å². The second kappa shape index (κ2) is 4.16. The van der Waals surface area contributed by atoms with E-state index in [2.05, 4.69) is 0 Å². The van der Waals surface area contributed by atoms with Gasteiger partial charge in [-0.25, -0.2) is 0 Å². The average Bonchev–Trinajstić information content (AvgIpc) is 2.97. The number of aliphatic carboxylic acids is 1. The Balaban J connectivity index is 1.97. The third kappa shape index (κ3) is 2.18. The molecule has 3 heteroatoms. The molecule has 0 aromatic heterocycles. The summed E-state index contributed by atoms with van der Waals surface area (Å²) in [4.78, 5) is 10.7. The second-order valence-electron chi connectivity index (χ2n) is 4.64. The van der Waals surface area contributed by atoms with Gasteiger partial charge in [0.1, 0.15) is 5.75 Å². The number of carboxylic acid groups (broad SMARTS) is 1. The van der Waals surface area contributed by atoms with E-state index in [0.29, 0.717) is 5.75 Å².